The molecule has 0 spiro atoms. The summed E-state index contributed by atoms with van der Waals surface area (Å²) >= 11 is 0. The molecule has 120 valence electrons. The van der Waals surface area contributed by atoms with Crippen molar-refractivity contribution in [1.29, 1.82) is 0 Å². The summed E-state index contributed by atoms with van der Waals surface area (Å²) in [5.74, 6) is -0.0736. The summed E-state index contributed by atoms with van der Waals surface area (Å²) in [6.07, 6.45) is 6.43. The Bertz CT molecular complexity index is 359. The number of rotatable bonds is 6. The van der Waals surface area contributed by atoms with E-state index in [1.807, 2.05) is 6.92 Å². The first-order valence-electron chi connectivity index (χ1n) is 8.65. The Kier molecular flexibility index (Phi) is 5.14. The molecule has 1 N–H and O–H groups in total. The number of carbonyl (C=O) groups is 1. The molecule has 0 amide bonds. The highest BCUT2D eigenvalue weighted by atomic mass is 16.5. The molecule has 0 aromatic rings. The fraction of sp³-hybridized carbons (Fsp3) is 0.938. The predicted octanol–water partition coefficient (Wildman–Crippen LogP) is 0.840. The minimum absolute atomic E-state index is 0.0736. The Hall–Kier alpha value is -0.650. The van der Waals surface area contributed by atoms with E-state index in [0.29, 0.717) is 18.7 Å². The van der Waals surface area contributed by atoms with Crippen molar-refractivity contribution < 1.29 is 9.53 Å². The second-order valence-electron chi connectivity index (χ2n) is 6.69. The van der Waals surface area contributed by atoms with E-state index >= 15 is 0 Å². The van der Waals surface area contributed by atoms with Crippen molar-refractivity contribution in [2.45, 2.75) is 57.2 Å². The fourth-order valence-corrected chi connectivity index (χ4v) is 3.62. The molecule has 2 aliphatic heterocycles. The van der Waals surface area contributed by atoms with Crippen LogP contribution in [0, 0.1) is 0 Å². The van der Waals surface area contributed by atoms with Gasteiger partial charge in [0.1, 0.15) is 6.04 Å². The summed E-state index contributed by atoms with van der Waals surface area (Å²) in [5, 5.41) is 3.47. The Morgan fingerprint density at radius 3 is 2.86 bits per heavy atom. The van der Waals surface area contributed by atoms with Gasteiger partial charge in [0, 0.05) is 38.3 Å². The molecule has 3 fully saturated rings. The van der Waals surface area contributed by atoms with Crippen LogP contribution in [0.4, 0.5) is 0 Å². The van der Waals surface area contributed by atoms with Crippen molar-refractivity contribution in [3.8, 4) is 0 Å². The maximum Gasteiger partial charge on any atom is 0.324 e. The average molecular weight is 295 g/mol. The van der Waals surface area contributed by atoms with Crippen LogP contribution in [0.5, 0.6) is 0 Å². The van der Waals surface area contributed by atoms with Gasteiger partial charge in [-0.2, -0.15) is 0 Å². The highest BCUT2D eigenvalue weighted by Gasteiger charge is 2.34. The van der Waals surface area contributed by atoms with Gasteiger partial charge in [0.15, 0.2) is 0 Å². The van der Waals surface area contributed by atoms with Crippen LogP contribution in [0.2, 0.25) is 0 Å². The van der Waals surface area contributed by atoms with Gasteiger partial charge in [-0.1, -0.05) is 6.42 Å². The number of ether oxygens (including phenoxy) is 1. The SMILES string of the molecule is CCOC(=O)C(CN1CCN2CCCCC2C1)NC1CC1. The van der Waals surface area contributed by atoms with E-state index in [4.69, 9.17) is 4.74 Å². The number of piperidine rings is 1. The number of hydrogen-bond donors (Lipinski definition) is 1. The van der Waals surface area contributed by atoms with Crippen LogP contribution in [0.15, 0.2) is 0 Å². The van der Waals surface area contributed by atoms with Crippen molar-refractivity contribution in [3.05, 3.63) is 0 Å². The Balaban J connectivity index is 1.53. The monoisotopic (exact) mass is 295 g/mol. The van der Waals surface area contributed by atoms with Gasteiger partial charge < -0.3 is 10.1 Å². The number of piperazine rings is 1. The average Bonchev–Trinajstić information content (AvgIpc) is 3.31. The summed E-state index contributed by atoms with van der Waals surface area (Å²) in [7, 11) is 0. The van der Waals surface area contributed by atoms with Crippen molar-refractivity contribution in [2.75, 3.05) is 39.3 Å². The lowest BCUT2D eigenvalue weighted by molar-refractivity contribution is -0.146. The molecule has 0 radical (unpaired) electrons. The fourth-order valence-electron chi connectivity index (χ4n) is 3.62. The summed E-state index contributed by atoms with van der Waals surface area (Å²) in [6.45, 7) is 7.77. The molecule has 0 aromatic carbocycles. The van der Waals surface area contributed by atoms with E-state index in [-0.39, 0.29) is 12.0 Å². The maximum absolute atomic E-state index is 12.1. The van der Waals surface area contributed by atoms with Gasteiger partial charge in [-0.15, -0.1) is 0 Å². The molecule has 0 aromatic heterocycles. The summed E-state index contributed by atoms with van der Waals surface area (Å²) < 4.78 is 5.24. The van der Waals surface area contributed by atoms with E-state index in [2.05, 4.69) is 15.1 Å². The van der Waals surface area contributed by atoms with Crippen LogP contribution in [0.3, 0.4) is 0 Å². The number of carbonyl (C=O) groups excluding carboxylic acids is 1. The second-order valence-corrected chi connectivity index (χ2v) is 6.69. The molecule has 5 nitrogen and oxygen atoms in total. The second kappa shape index (κ2) is 7.07. The number of fused-ring (bicyclic) bond motifs is 1. The van der Waals surface area contributed by atoms with E-state index in [1.165, 1.54) is 38.6 Å². The van der Waals surface area contributed by atoms with Crippen molar-refractivity contribution in [3.63, 3.8) is 0 Å². The van der Waals surface area contributed by atoms with Gasteiger partial charge in [0.2, 0.25) is 0 Å². The Labute approximate surface area is 128 Å². The lowest BCUT2D eigenvalue weighted by atomic mass is 9.99. The van der Waals surface area contributed by atoms with Gasteiger partial charge in [0.05, 0.1) is 6.61 Å². The third-order valence-corrected chi connectivity index (χ3v) is 4.95. The third kappa shape index (κ3) is 4.18. The lowest BCUT2D eigenvalue weighted by Crippen LogP contribution is -2.58. The van der Waals surface area contributed by atoms with Gasteiger partial charge in [0.25, 0.3) is 0 Å². The normalized spacial score (nSPS) is 28.9. The van der Waals surface area contributed by atoms with Crippen LogP contribution >= 0.6 is 0 Å². The molecule has 1 saturated carbocycles. The van der Waals surface area contributed by atoms with Crippen LogP contribution in [0.1, 0.15) is 39.0 Å². The van der Waals surface area contributed by atoms with Crippen molar-refractivity contribution in [2.24, 2.45) is 0 Å². The van der Waals surface area contributed by atoms with Crippen molar-refractivity contribution >= 4 is 5.97 Å². The maximum atomic E-state index is 12.1. The molecule has 1 aliphatic carbocycles. The topological polar surface area (TPSA) is 44.8 Å². The first kappa shape index (κ1) is 15.3. The highest BCUT2D eigenvalue weighted by Crippen LogP contribution is 2.22. The van der Waals surface area contributed by atoms with Gasteiger partial charge >= 0.3 is 5.97 Å². The summed E-state index contributed by atoms with van der Waals surface area (Å²) in [6, 6.07) is 1.10. The third-order valence-electron chi connectivity index (χ3n) is 4.95. The van der Waals surface area contributed by atoms with Crippen LogP contribution in [-0.2, 0) is 9.53 Å². The lowest BCUT2D eigenvalue weighted by Gasteiger charge is -2.44. The zero-order valence-electron chi connectivity index (χ0n) is 13.2. The molecule has 2 unspecified atom stereocenters. The quantitative estimate of drug-likeness (QED) is 0.736. The van der Waals surface area contributed by atoms with Crippen molar-refractivity contribution in [1.82, 2.24) is 15.1 Å². The van der Waals surface area contributed by atoms with E-state index < -0.39 is 0 Å². The molecule has 3 rings (SSSR count). The molecule has 2 atom stereocenters. The number of nitrogens with one attached hydrogen (secondary N) is 1. The van der Waals surface area contributed by atoms with Crippen LogP contribution in [0.25, 0.3) is 0 Å². The van der Waals surface area contributed by atoms with Gasteiger partial charge in [-0.3, -0.25) is 14.6 Å². The molecular weight excluding hydrogens is 266 g/mol. The molecule has 3 aliphatic rings. The molecular formula is C16H29N3O2. The smallest absolute Gasteiger partial charge is 0.324 e. The number of esters is 1. The summed E-state index contributed by atoms with van der Waals surface area (Å²) in [4.78, 5) is 17.2. The number of nitrogens with zero attached hydrogens (tertiary/aromatic N) is 2. The van der Waals surface area contributed by atoms with Crippen LogP contribution < -0.4 is 5.32 Å². The standard InChI is InChI=1S/C16H29N3O2/c1-2-21-16(20)15(17-13-6-7-13)12-18-9-10-19-8-4-3-5-14(19)11-18/h13-15,17H,2-12H2,1H3. The van der Waals surface area contributed by atoms with E-state index in [0.717, 1.165) is 26.2 Å². The summed E-state index contributed by atoms with van der Waals surface area (Å²) in [5.41, 5.74) is 0. The van der Waals surface area contributed by atoms with E-state index in [1.54, 1.807) is 0 Å². The molecule has 21 heavy (non-hydrogen) atoms. The highest BCUT2D eigenvalue weighted by molar-refractivity contribution is 5.76. The Morgan fingerprint density at radius 2 is 2.10 bits per heavy atom. The molecule has 5 heteroatoms. The largest absolute Gasteiger partial charge is 0.465 e. The minimum Gasteiger partial charge on any atom is -0.465 e. The predicted molar refractivity (Wildman–Crippen MR) is 82.2 cm³/mol. The van der Waals surface area contributed by atoms with Gasteiger partial charge in [-0.05, 0) is 39.2 Å². The number of hydrogen-bond acceptors (Lipinski definition) is 5. The van der Waals surface area contributed by atoms with Gasteiger partial charge in [-0.25, -0.2) is 0 Å². The first-order chi connectivity index (χ1) is 10.3. The van der Waals surface area contributed by atoms with Crippen LogP contribution in [-0.4, -0.2) is 73.2 Å². The molecule has 2 heterocycles. The molecule has 0 bridgehead atoms. The zero-order valence-corrected chi connectivity index (χ0v) is 13.2. The van der Waals surface area contributed by atoms with E-state index in [9.17, 15) is 4.79 Å². The Morgan fingerprint density at radius 1 is 1.24 bits per heavy atom. The zero-order chi connectivity index (χ0) is 14.7. The minimum atomic E-state index is -0.146. The molecule has 2 saturated heterocycles. The first-order valence-corrected chi connectivity index (χ1v) is 8.65.